The van der Waals surface area contributed by atoms with Gasteiger partial charge in [-0.3, -0.25) is 4.79 Å². The van der Waals surface area contributed by atoms with E-state index in [0.29, 0.717) is 12.2 Å². The Balaban J connectivity index is 2.03. The number of aromatic nitrogens is 1. The Labute approximate surface area is 121 Å². The fourth-order valence-corrected chi connectivity index (χ4v) is 1.88. The quantitative estimate of drug-likeness (QED) is 0.316. The van der Waals surface area contributed by atoms with Crippen LogP contribution in [0.5, 0.6) is 0 Å². The summed E-state index contributed by atoms with van der Waals surface area (Å²) in [6.45, 7) is 0.197. The summed E-state index contributed by atoms with van der Waals surface area (Å²) in [5, 5.41) is 18.0. The topological polar surface area (TPSA) is 114 Å². The highest BCUT2D eigenvalue weighted by atomic mass is 16.5. The van der Waals surface area contributed by atoms with Crippen LogP contribution in [-0.2, 0) is 17.8 Å². The largest absolute Gasteiger partial charge is 0.409 e. The first kappa shape index (κ1) is 14.6. The number of hydrogen-bond acceptors (Lipinski definition) is 5. The number of rotatable bonds is 6. The molecule has 1 aromatic carbocycles. The van der Waals surface area contributed by atoms with Gasteiger partial charge in [0.2, 0.25) is 5.91 Å². The van der Waals surface area contributed by atoms with E-state index >= 15 is 0 Å². The van der Waals surface area contributed by atoms with E-state index in [9.17, 15) is 4.79 Å². The van der Waals surface area contributed by atoms with E-state index in [4.69, 9.17) is 15.5 Å². The van der Waals surface area contributed by atoms with Gasteiger partial charge < -0.3 is 20.8 Å². The molecule has 4 N–H and O–H groups in total. The SMILES string of the molecule is N/C(=N/O)C(Cc1ccccc1)C(=O)NCc1ccno1. The van der Waals surface area contributed by atoms with Gasteiger partial charge in [0, 0.05) is 6.07 Å². The lowest BCUT2D eigenvalue weighted by Crippen LogP contribution is -2.39. The van der Waals surface area contributed by atoms with Crippen molar-refractivity contribution < 1.29 is 14.5 Å². The van der Waals surface area contributed by atoms with Crippen LogP contribution in [0.4, 0.5) is 0 Å². The Morgan fingerprint density at radius 3 is 2.76 bits per heavy atom. The lowest BCUT2D eigenvalue weighted by Gasteiger charge is -2.15. The molecule has 0 saturated carbocycles. The van der Waals surface area contributed by atoms with E-state index in [-0.39, 0.29) is 18.3 Å². The third-order valence-electron chi connectivity index (χ3n) is 3.00. The first-order valence-electron chi connectivity index (χ1n) is 6.39. The number of nitrogens with one attached hydrogen (secondary N) is 1. The molecule has 1 amide bonds. The van der Waals surface area contributed by atoms with Gasteiger partial charge in [0.1, 0.15) is 5.92 Å². The van der Waals surface area contributed by atoms with Crippen molar-refractivity contribution in [3.63, 3.8) is 0 Å². The van der Waals surface area contributed by atoms with Crippen molar-refractivity contribution in [3.05, 3.63) is 53.9 Å². The van der Waals surface area contributed by atoms with Crippen molar-refractivity contribution >= 4 is 11.7 Å². The summed E-state index contributed by atoms with van der Waals surface area (Å²) in [4.78, 5) is 12.2. The standard InChI is InChI=1S/C14H16N4O3/c15-13(18-20)12(8-10-4-2-1-3-5-10)14(19)16-9-11-6-7-17-21-11/h1-7,12,20H,8-9H2,(H2,15,18)(H,16,19). The van der Waals surface area contributed by atoms with Crippen molar-refractivity contribution in [2.45, 2.75) is 13.0 Å². The Morgan fingerprint density at radius 1 is 1.38 bits per heavy atom. The molecule has 0 spiro atoms. The maximum atomic E-state index is 12.2. The number of oxime groups is 1. The van der Waals surface area contributed by atoms with Gasteiger partial charge in [-0.1, -0.05) is 40.6 Å². The molecule has 1 heterocycles. The van der Waals surface area contributed by atoms with E-state index in [2.05, 4.69) is 15.6 Å². The average Bonchev–Trinajstić information content (AvgIpc) is 3.04. The number of nitrogens with two attached hydrogens (primary N) is 1. The number of hydrogen-bond donors (Lipinski definition) is 3. The molecule has 1 aromatic heterocycles. The molecule has 7 heteroatoms. The fraction of sp³-hybridized carbons (Fsp3) is 0.214. The van der Waals surface area contributed by atoms with Crippen LogP contribution in [-0.4, -0.2) is 22.1 Å². The Hall–Kier alpha value is -2.83. The Morgan fingerprint density at radius 2 is 2.14 bits per heavy atom. The predicted octanol–water partition coefficient (Wildman–Crippen LogP) is 0.896. The summed E-state index contributed by atoms with van der Waals surface area (Å²) < 4.78 is 4.89. The van der Waals surface area contributed by atoms with Crippen molar-refractivity contribution in [1.29, 1.82) is 0 Å². The van der Waals surface area contributed by atoms with Crippen LogP contribution in [0, 0.1) is 5.92 Å². The van der Waals surface area contributed by atoms with E-state index in [1.54, 1.807) is 6.07 Å². The summed E-state index contributed by atoms with van der Waals surface area (Å²) >= 11 is 0. The normalized spacial score (nSPS) is 12.9. The average molecular weight is 288 g/mol. The third-order valence-corrected chi connectivity index (χ3v) is 3.00. The number of amides is 1. The van der Waals surface area contributed by atoms with Crippen LogP contribution >= 0.6 is 0 Å². The van der Waals surface area contributed by atoms with Gasteiger partial charge >= 0.3 is 0 Å². The third kappa shape index (κ3) is 4.07. The maximum Gasteiger partial charge on any atom is 0.231 e. The van der Waals surface area contributed by atoms with Crippen molar-refractivity contribution in [2.24, 2.45) is 16.8 Å². The molecule has 0 saturated heterocycles. The number of nitrogens with zero attached hydrogens (tertiary/aromatic N) is 2. The second kappa shape index (κ2) is 7.09. The lowest BCUT2D eigenvalue weighted by molar-refractivity contribution is -0.123. The van der Waals surface area contributed by atoms with E-state index in [0.717, 1.165) is 5.56 Å². The molecule has 21 heavy (non-hydrogen) atoms. The lowest BCUT2D eigenvalue weighted by atomic mass is 9.97. The highest BCUT2D eigenvalue weighted by molar-refractivity contribution is 6.02. The molecule has 0 radical (unpaired) electrons. The minimum Gasteiger partial charge on any atom is -0.409 e. The molecule has 0 aliphatic carbocycles. The molecular weight excluding hydrogens is 272 g/mol. The predicted molar refractivity (Wildman–Crippen MR) is 75.4 cm³/mol. The molecule has 2 aromatic rings. The smallest absolute Gasteiger partial charge is 0.231 e. The monoisotopic (exact) mass is 288 g/mol. The van der Waals surface area contributed by atoms with Gasteiger partial charge in [0.25, 0.3) is 0 Å². The van der Waals surface area contributed by atoms with Crippen LogP contribution in [0.1, 0.15) is 11.3 Å². The van der Waals surface area contributed by atoms with Crippen molar-refractivity contribution in [2.75, 3.05) is 0 Å². The van der Waals surface area contributed by atoms with Gasteiger partial charge in [0.05, 0.1) is 12.7 Å². The number of carbonyl (C=O) groups is 1. The number of carbonyl (C=O) groups excluding carboxylic acids is 1. The molecule has 0 bridgehead atoms. The zero-order chi connectivity index (χ0) is 15.1. The van der Waals surface area contributed by atoms with Crippen LogP contribution in [0.25, 0.3) is 0 Å². The summed E-state index contributed by atoms with van der Waals surface area (Å²) in [7, 11) is 0. The summed E-state index contributed by atoms with van der Waals surface area (Å²) in [6.07, 6.45) is 1.84. The van der Waals surface area contributed by atoms with Gasteiger partial charge in [0.15, 0.2) is 11.6 Å². The molecule has 1 unspecified atom stereocenters. The zero-order valence-corrected chi connectivity index (χ0v) is 11.3. The van der Waals surface area contributed by atoms with Gasteiger partial charge in [-0.25, -0.2) is 0 Å². The number of amidine groups is 1. The Kier molecular flexibility index (Phi) is 4.92. The minimum absolute atomic E-state index is 0.131. The first-order valence-corrected chi connectivity index (χ1v) is 6.39. The van der Waals surface area contributed by atoms with E-state index in [1.807, 2.05) is 30.3 Å². The summed E-state index contributed by atoms with van der Waals surface area (Å²) in [6, 6.07) is 11.0. The first-order chi connectivity index (χ1) is 10.2. The van der Waals surface area contributed by atoms with Gasteiger partial charge in [-0.15, -0.1) is 0 Å². The van der Waals surface area contributed by atoms with Gasteiger partial charge in [-0.2, -0.15) is 0 Å². The second-order valence-electron chi connectivity index (χ2n) is 4.46. The summed E-state index contributed by atoms with van der Waals surface area (Å²) in [5.41, 5.74) is 6.54. The molecule has 2 rings (SSSR count). The van der Waals surface area contributed by atoms with Crippen molar-refractivity contribution in [3.8, 4) is 0 Å². The molecule has 7 nitrogen and oxygen atoms in total. The van der Waals surface area contributed by atoms with Crippen molar-refractivity contribution in [1.82, 2.24) is 10.5 Å². The van der Waals surface area contributed by atoms with Gasteiger partial charge in [-0.05, 0) is 12.0 Å². The van der Waals surface area contributed by atoms with E-state index in [1.165, 1.54) is 6.20 Å². The highest BCUT2D eigenvalue weighted by Crippen LogP contribution is 2.10. The Bertz CT molecular complexity index is 596. The fourth-order valence-electron chi connectivity index (χ4n) is 1.88. The molecule has 1 atom stereocenters. The van der Waals surface area contributed by atoms with Crippen LogP contribution in [0.2, 0.25) is 0 Å². The highest BCUT2D eigenvalue weighted by Gasteiger charge is 2.23. The zero-order valence-electron chi connectivity index (χ0n) is 11.3. The number of benzene rings is 1. The molecule has 0 aliphatic heterocycles. The second-order valence-corrected chi connectivity index (χ2v) is 4.46. The maximum absolute atomic E-state index is 12.2. The van der Waals surface area contributed by atoms with E-state index < -0.39 is 5.92 Å². The minimum atomic E-state index is -0.750. The van der Waals surface area contributed by atoms with Crippen LogP contribution in [0.3, 0.4) is 0 Å². The molecule has 110 valence electrons. The van der Waals surface area contributed by atoms with Crippen LogP contribution in [0.15, 0.2) is 52.3 Å². The molecule has 0 aliphatic rings. The molecule has 0 fully saturated rings. The summed E-state index contributed by atoms with van der Waals surface area (Å²) in [5.74, 6) is -0.693. The molecular formula is C14H16N4O3. The van der Waals surface area contributed by atoms with Crippen LogP contribution < -0.4 is 11.1 Å².